The molecule has 2 aromatic heterocycles. The highest BCUT2D eigenvalue weighted by Crippen LogP contribution is 2.33. The number of rotatable bonds is 6. The lowest BCUT2D eigenvalue weighted by molar-refractivity contribution is -0.136. The van der Waals surface area contributed by atoms with Gasteiger partial charge in [-0.15, -0.1) is 0 Å². The van der Waals surface area contributed by atoms with E-state index >= 15 is 0 Å². The third kappa shape index (κ3) is 4.97. The van der Waals surface area contributed by atoms with Crippen LogP contribution in [-0.4, -0.2) is 39.0 Å². The number of ether oxygens (including phenoxy) is 1. The fraction of sp³-hybridized carbons (Fsp3) is 0.179. The van der Waals surface area contributed by atoms with E-state index in [1.807, 2.05) is 49.4 Å². The van der Waals surface area contributed by atoms with Gasteiger partial charge in [0.1, 0.15) is 11.8 Å². The second kappa shape index (κ2) is 10.1. The Morgan fingerprint density at radius 2 is 1.78 bits per heavy atom. The molecule has 0 aliphatic carbocycles. The quantitative estimate of drug-likeness (QED) is 0.374. The molecule has 3 heterocycles. The number of hydrazone groups is 1. The van der Waals surface area contributed by atoms with Crippen LogP contribution in [0.2, 0.25) is 0 Å². The Balaban J connectivity index is 1.35. The van der Waals surface area contributed by atoms with Crippen molar-refractivity contribution in [2.75, 3.05) is 6.61 Å². The predicted octanol–water partition coefficient (Wildman–Crippen LogP) is 3.98. The van der Waals surface area contributed by atoms with Crippen molar-refractivity contribution in [3.63, 3.8) is 0 Å². The molecule has 0 spiro atoms. The van der Waals surface area contributed by atoms with Crippen LogP contribution in [0.15, 0.2) is 93.4 Å². The van der Waals surface area contributed by atoms with E-state index in [4.69, 9.17) is 9.15 Å². The molecule has 2 aromatic carbocycles. The van der Waals surface area contributed by atoms with Gasteiger partial charge in [0.25, 0.3) is 5.91 Å². The van der Waals surface area contributed by atoms with Crippen molar-refractivity contribution in [2.45, 2.75) is 26.3 Å². The predicted molar refractivity (Wildman–Crippen MR) is 135 cm³/mol. The second-order valence-corrected chi connectivity index (χ2v) is 8.71. The molecule has 9 heteroatoms. The molecule has 1 amide bonds. The monoisotopic (exact) mass is 496 g/mol. The van der Waals surface area contributed by atoms with Crippen molar-refractivity contribution in [1.82, 2.24) is 14.8 Å². The molecular formula is C28H24N4O5. The van der Waals surface area contributed by atoms with Gasteiger partial charge in [0.05, 0.1) is 17.7 Å². The zero-order chi connectivity index (χ0) is 25.9. The first-order valence-electron chi connectivity index (χ1n) is 11.7. The van der Waals surface area contributed by atoms with E-state index in [1.54, 1.807) is 31.2 Å². The summed E-state index contributed by atoms with van der Waals surface area (Å²) in [5.74, 6) is -0.969. The summed E-state index contributed by atoms with van der Waals surface area (Å²) < 4.78 is 12.3. The highest BCUT2D eigenvalue weighted by atomic mass is 16.5. The maximum atomic E-state index is 13.1. The molecule has 1 aliphatic heterocycles. The average Bonchev–Trinajstić information content (AvgIpc) is 3.59. The van der Waals surface area contributed by atoms with Gasteiger partial charge in [-0.1, -0.05) is 48.0 Å². The van der Waals surface area contributed by atoms with Crippen molar-refractivity contribution >= 4 is 17.6 Å². The zero-order valence-electron chi connectivity index (χ0n) is 20.3. The van der Waals surface area contributed by atoms with Gasteiger partial charge < -0.3 is 9.15 Å². The summed E-state index contributed by atoms with van der Waals surface area (Å²) in [5, 5.41) is 9.99. The van der Waals surface area contributed by atoms with Gasteiger partial charge in [0, 0.05) is 18.2 Å². The second-order valence-electron chi connectivity index (χ2n) is 8.71. The summed E-state index contributed by atoms with van der Waals surface area (Å²) in [6.45, 7) is 3.10. The number of carbonyl (C=O) groups excluding carboxylic acids is 2. The standard InChI is InChI=1S/C28H24N4O5/c1-18-10-12-20(13-11-18)22-16-23(25-9-6-14-36-25)32(29-22)26(34)17-37-28(35)27-24(33)15-19(2)31(30-27)21-7-4-3-5-8-21/h3-15,23H,16-17H2,1-2H3. The molecule has 0 radical (unpaired) electrons. The number of furan rings is 1. The summed E-state index contributed by atoms with van der Waals surface area (Å²) in [5.41, 5.74) is 2.96. The number of hydrogen-bond donors (Lipinski definition) is 0. The third-order valence-electron chi connectivity index (χ3n) is 6.05. The van der Waals surface area contributed by atoms with E-state index in [0.717, 1.165) is 11.1 Å². The number of aryl methyl sites for hydroxylation is 2. The van der Waals surface area contributed by atoms with Crippen molar-refractivity contribution in [3.05, 3.63) is 118 Å². The Kier molecular flexibility index (Phi) is 6.51. The van der Waals surface area contributed by atoms with Crippen LogP contribution >= 0.6 is 0 Å². The summed E-state index contributed by atoms with van der Waals surface area (Å²) >= 11 is 0. The topological polar surface area (TPSA) is 107 Å². The van der Waals surface area contributed by atoms with Gasteiger partial charge in [-0.3, -0.25) is 9.59 Å². The van der Waals surface area contributed by atoms with Gasteiger partial charge in [-0.05, 0) is 43.7 Å². The fourth-order valence-corrected chi connectivity index (χ4v) is 4.14. The van der Waals surface area contributed by atoms with E-state index in [-0.39, 0.29) is 0 Å². The van der Waals surface area contributed by atoms with Gasteiger partial charge in [-0.2, -0.15) is 10.2 Å². The summed E-state index contributed by atoms with van der Waals surface area (Å²) in [7, 11) is 0. The normalized spacial score (nSPS) is 14.9. The van der Waals surface area contributed by atoms with E-state index in [2.05, 4.69) is 10.2 Å². The fourth-order valence-electron chi connectivity index (χ4n) is 4.14. The molecule has 4 aromatic rings. The van der Waals surface area contributed by atoms with Gasteiger partial charge >= 0.3 is 5.97 Å². The van der Waals surface area contributed by atoms with Crippen LogP contribution < -0.4 is 5.43 Å². The molecular weight excluding hydrogens is 472 g/mol. The molecule has 0 N–H and O–H groups in total. The average molecular weight is 497 g/mol. The van der Waals surface area contributed by atoms with Crippen molar-refractivity contribution in [2.24, 2.45) is 5.10 Å². The van der Waals surface area contributed by atoms with Crippen LogP contribution in [0.3, 0.4) is 0 Å². The van der Waals surface area contributed by atoms with Crippen molar-refractivity contribution < 1.29 is 18.7 Å². The SMILES string of the molecule is Cc1ccc(C2=NN(C(=O)COC(=O)c3nn(-c4ccccc4)c(C)cc3=O)C(c3ccco3)C2)cc1. The molecule has 0 saturated carbocycles. The van der Waals surface area contributed by atoms with Crippen LogP contribution in [0, 0.1) is 13.8 Å². The highest BCUT2D eigenvalue weighted by molar-refractivity contribution is 6.03. The van der Waals surface area contributed by atoms with Crippen LogP contribution in [0.25, 0.3) is 5.69 Å². The van der Waals surface area contributed by atoms with Crippen LogP contribution in [0.1, 0.15) is 45.5 Å². The first-order chi connectivity index (χ1) is 17.9. The Labute approximate surface area is 212 Å². The molecule has 186 valence electrons. The number of esters is 1. The molecule has 1 aliphatic rings. The minimum Gasteiger partial charge on any atom is -0.467 e. The lowest BCUT2D eigenvalue weighted by atomic mass is 10.0. The molecule has 1 unspecified atom stereocenters. The zero-order valence-corrected chi connectivity index (χ0v) is 20.3. The lowest BCUT2D eigenvalue weighted by Crippen LogP contribution is -2.32. The molecule has 0 saturated heterocycles. The first kappa shape index (κ1) is 23.9. The minimum absolute atomic E-state index is 0.407. The maximum absolute atomic E-state index is 13.1. The van der Waals surface area contributed by atoms with Crippen molar-refractivity contribution in [3.8, 4) is 5.69 Å². The van der Waals surface area contributed by atoms with Gasteiger partial charge in [-0.25, -0.2) is 14.5 Å². The summed E-state index contributed by atoms with van der Waals surface area (Å²) in [4.78, 5) is 38.4. The molecule has 0 bridgehead atoms. The summed E-state index contributed by atoms with van der Waals surface area (Å²) in [6.07, 6.45) is 1.97. The Bertz CT molecular complexity index is 1520. The molecule has 0 fully saturated rings. The Morgan fingerprint density at radius 1 is 1.03 bits per heavy atom. The smallest absolute Gasteiger partial charge is 0.363 e. The van der Waals surface area contributed by atoms with Crippen LogP contribution in [0.4, 0.5) is 0 Å². The number of aromatic nitrogens is 2. The van der Waals surface area contributed by atoms with E-state index in [1.165, 1.54) is 22.0 Å². The molecule has 5 rings (SSSR count). The number of nitrogens with zero attached hydrogens (tertiary/aromatic N) is 4. The maximum Gasteiger partial charge on any atom is 0.363 e. The van der Waals surface area contributed by atoms with Crippen LogP contribution in [0.5, 0.6) is 0 Å². The molecule has 9 nitrogen and oxygen atoms in total. The van der Waals surface area contributed by atoms with Gasteiger partial charge in [0.2, 0.25) is 11.1 Å². The van der Waals surface area contributed by atoms with Crippen LogP contribution in [-0.2, 0) is 9.53 Å². The third-order valence-corrected chi connectivity index (χ3v) is 6.05. The Morgan fingerprint density at radius 3 is 2.49 bits per heavy atom. The Hall–Kier alpha value is -4.79. The van der Waals surface area contributed by atoms with Crippen molar-refractivity contribution in [1.29, 1.82) is 0 Å². The first-order valence-corrected chi connectivity index (χ1v) is 11.7. The van der Waals surface area contributed by atoms with E-state index in [9.17, 15) is 14.4 Å². The number of para-hydroxylation sites is 1. The lowest BCUT2D eigenvalue weighted by Gasteiger charge is -2.19. The number of hydrogen-bond acceptors (Lipinski definition) is 7. The largest absolute Gasteiger partial charge is 0.467 e. The number of carbonyl (C=O) groups is 2. The molecule has 1 atom stereocenters. The number of amides is 1. The molecule has 37 heavy (non-hydrogen) atoms. The summed E-state index contributed by atoms with van der Waals surface area (Å²) in [6, 6.07) is 21.3. The highest BCUT2D eigenvalue weighted by Gasteiger charge is 2.35. The minimum atomic E-state index is -0.987. The van der Waals surface area contributed by atoms with Gasteiger partial charge in [0.15, 0.2) is 6.61 Å². The number of benzene rings is 2. The van der Waals surface area contributed by atoms with E-state index < -0.39 is 35.6 Å². The van der Waals surface area contributed by atoms with E-state index in [0.29, 0.717) is 29.3 Å².